The Morgan fingerprint density at radius 1 is 0.941 bits per heavy atom. The summed E-state index contributed by atoms with van der Waals surface area (Å²) < 4.78 is 5.75. The zero-order chi connectivity index (χ0) is 12.3. The molecule has 2 aromatic carbocycles. The summed E-state index contributed by atoms with van der Waals surface area (Å²) in [7, 11) is 0. The van der Waals surface area contributed by atoms with Crippen LogP contribution in [0.15, 0.2) is 42.5 Å². The van der Waals surface area contributed by atoms with E-state index in [2.05, 4.69) is 63.2 Å². The minimum Gasteiger partial charge on any atom is -0.376 e. The fourth-order valence-electron chi connectivity index (χ4n) is 1.87. The normalized spacial score (nSPS) is 11.9. The van der Waals surface area contributed by atoms with Crippen LogP contribution in [0.1, 0.15) is 26.3 Å². The molecule has 0 fully saturated rings. The Balaban J connectivity index is 2.04. The summed E-state index contributed by atoms with van der Waals surface area (Å²) in [5.41, 5.74) is 1.30. The van der Waals surface area contributed by atoms with E-state index in [1.54, 1.807) is 0 Å². The third-order valence-electron chi connectivity index (χ3n) is 2.74. The highest BCUT2D eigenvalue weighted by Gasteiger charge is 2.09. The van der Waals surface area contributed by atoms with Gasteiger partial charge in [-0.15, -0.1) is 0 Å². The molecule has 2 aromatic rings. The highest BCUT2D eigenvalue weighted by Crippen LogP contribution is 2.16. The smallest absolute Gasteiger partial charge is 0.0598 e. The molecule has 0 heterocycles. The molecular weight excluding hydrogens is 208 g/mol. The van der Waals surface area contributed by atoms with Crippen molar-refractivity contribution in [3.63, 3.8) is 0 Å². The van der Waals surface area contributed by atoms with Crippen molar-refractivity contribution >= 4 is 10.8 Å². The molecule has 90 valence electrons. The number of benzene rings is 2. The molecule has 0 atom stereocenters. The maximum absolute atomic E-state index is 5.75. The van der Waals surface area contributed by atoms with Gasteiger partial charge in [-0.1, -0.05) is 42.5 Å². The molecular formula is C16H20O. The Kier molecular flexibility index (Phi) is 3.49. The Labute approximate surface area is 103 Å². The van der Waals surface area contributed by atoms with Gasteiger partial charge in [0.1, 0.15) is 0 Å². The van der Waals surface area contributed by atoms with Crippen molar-refractivity contribution in [1.82, 2.24) is 0 Å². The van der Waals surface area contributed by atoms with Gasteiger partial charge in [0.2, 0.25) is 0 Å². The molecule has 17 heavy (non-hydrogen) atoms. The third kappa shape index (κ3) is 3.57. The summed E-state index contributed by atoms with van der Waals surface area (Å²) in [5, 5.41) is 2.61. The van der Waals surface area contributed by atoms with Crippen LogP contribution in [0.3, 0.4) is 0 Å². The molecule has 0 aromatic heterocycles. The van der Waals surface area contributed by atoms with E-state index in [0.717, 1.165) is 13.0 Å². The van der Waals surface area contributed by atoms with Gasteiger partial charge in [-0.25, -0.2) is 0 Å². The topological polar surface area (TPSA) is 9.23 Å². The Hall–Kier alpha value is -1.34. The van der Waals surface area contributed by atoms with Gasteiger partial charge >= 0.3 is 0 Å². The fourth-order valence-corrected chi connectivity index (χ4v) is 1.87. The molecule has 0 saturated carbocycles. The first kappa shape index (κ1) is 12.1. The molecule has 1 heteroatoms. The van der Waals surface area contributed by atoms with Crippen molar-refractivity contribution in [2.45, 2.75) is 32.8 Å². The third-order valence-corrected chi connectivity index (χ3v) is 2.74. The molecule has 0 amide bonds. The molecule has 0 aliphatic rings. The lowest BCUT2D eigenvalue weighted by Gasteiger charge is -2.19. The zero-order valence-electron chi connectivity index (χ0n) is 10.9. The van der Waals surface area contributed by atoms with Crippen LogP contribution in [-0.4, -0.2) is 12.2 Å². The van der Waals surface area contributed by atoms with Crippen molar-refractivity contribution < 1.29 is 4.74 Å². The number of rotatable bonds is 3. The fraction of sp³-hybridized carbons (Fsp3) is 0.375. The van der Waals surface area contributed by atoms with E-state index < -0.39 is 0 Å². The minimum atomic E-state index is -0.0448. The van der Waals surface area contributed by atoms with E-state index in [4.69, 9.17) is 4.74 Å². The molecule has 0 unspecified atom stereocenters. The molecule has 0 aliphatic heterocycles. The monoisotopic (exact) mass is 228 g/mol. The maximum Gasteiger partial charge on any atom is 0.0598 e. The zero-order valence-corrected chi connectivity index (χ0v) is 10.9. The lowest BCUT2D eigenvalue weighted by atomic mass is 10.1. The Morgan fingerprint density at radius 2 is 1.65 bits per heavy atom. The van der Waals surface area contributed by atoms with E-state index in [0.29, 0.717) is 0 Å². The second-order valence-corrected chi connectivity index (χ2v) is 5.39. The largest absolute Gasteiger partial charge is 0.376 e. The van der Waals surface area contributed by atoms with E-state index >= 15 is 0 Å². The first-order chi connectivity index (χ1) is 8.04. The highest BCUT2D eigenvalue weighted by atomic mass is 16.5. The predicted molar refractivity (Wildman–Crippen MR) is 73.4 cm³/mol. The molecule has 0 N–H and O–H groups in total. The highest BCUT2D eigenvalue weighted by molar-refractivity contribution is 5.82. The molecule has 1 nitrogen and oxygen atoms in total. The maximum atomic E-state index is 5.75. The summed E-state index contributed by atoms with van der Waals surface area (Å²) in [6, 6.07) is 15.1. The second-order valence-electron chi connectivity index (χ2n) is 5.39. The average Bonchev–Trinajstić information content (AvgIpc) is 2.27. The van der Waals surface area contributed by atoms with Crippen molar-refractivity contribution in [3.8, 4) is 0 Å². The van der Waals surface area contributed by atoms with Gasteiger partial charge in [0.25, 0.3) is 0 Å². The number of hydrogen-bond donors (Lipinski definition) is 0. The van der Waals surface area contributed by atoms with Gasteiger partial charge in [-0.2, -0.15) is 0 Å². The number of ether oxygens (including phenoxy) is 1. The van der Waals surface area contributed by atoms with Gasteiger partial charge in [-0.05, 0) is 43.5 Å². The van der Waals surface area contributed by atoms with Crippen LogP contribution in [-0.2, 0) is 11.2 Å². The molecule has 0 aliphatic carbocycles. The molecule has 0 bridgehead atoms. The summed E-state index contributed by atoms with van der Waals surface area (Å²) in [4.78, 5) is 0. The van der Waals surface area contributed by atoms with Crippen LogP contribution < -0.4 is 0 Å². The van der Waals surface area contributed by atoms with Gasteiger partial charge in [0, 0.05) is 0 Å². The van der Waals surface area contributed by atoms with Gasteiger partial charge in [0.15, 0.2) is 0 Å². The number of fused-ring (bicyclic) bond motifs is 1. The van der Waals surface area contributed by atoms with Crippen LogP contribution >= 0.6 is 0 Å². The predicted octanol–water partition coefficient (Wildman–Crippen LogP) is 4.20. The summed E-state index contributed by atoms with van der Waals surface area (Å²) >= 11 is 0. The lowest BCUT2D eigenvalue weighted by molar-refractivity contribution is -0.000966. The summed E-state index contributed by atoms with van der Waals surface area (Å²) in [5.74, 6) is 0. The second kappa shape index (κ2) is 4.89. The van der Waals surface area contributed by atoms with Crippen molar-refractivity contribution in [2.24, 2.45) is 0 Å². The van der Waals surface area contributed by atoms with Crippen LogP contribution in [0.2, 0.25) is 0 Å². The SMILES string of the molecule is CC(C)(C)OCCc1ccc2ccccc2c1. The quantitative estimate of drug-likeness (QED) is 0.765. The van der Waals surface area contributed by atoms with Gasteiger partial charge in [0.05, 0.1) is 12.2 Å². The molecule has 0 saturated heterocycles. The van der Waals surface area contributed by atoms with E-state index in [1.165, 1.54) is 16.3 Å². The summed E-state index contributed by atoms with van der Waals surface area (Å²) in [6.07, 6.45) is 0.974. The summed E-state index contributed by atoms with van der Waals surface area (Å²) in [6.45, 7) is 7.05. The van der Waals surface area contributed by atoms with E-state index in [1.807, 2.05) is 0 Å². The first-order valence-electron chi connectivity index (χ1n) is 6.16. The first-order valence-corrected chi connectivity index (χ1v) is 6.16. The van der Waals surface area contributed by atoms with E-state index in [-0.39, 0.29) is 5.60 Å². The Morgan fingerprint density at radius 3 is 2.35 bits per heavy atom. The van der Waals surface area contributed by atoms with Crippen molar-refractivity contribution in [1.29, 1.82) is 0 Å². The molecule has 0 radical (unpaired) electrons. The standard InChI is InChI=1S/C16H20O/c1-16(2,3)17-11-10-13-8-9-14-6-4-5-7-15(14)12-13/h4-9,12H,10-11H2,1-3H3. The molecule has 0 spiro atoms. The van der Waals surface area contributed by atoms with Gasteiger partial charge < -0.3 is 4.74 Å². The minimum absolute atomic E-state index is 0.0448. The van der Waals surface area contributed by atoms with Crippen LogP contribution in [0, 0.1) is 0 Å². The Bertz CT molecular complexity index is 494. The van der Waals surface area contributed by atoms with Gasteiger partial charge in [-0.3, -0.25) is 0 Å². The average molecular weight is 228 g/mol. The van der Waals surface area contributed by atoms with Crippen molar-refractivity contribution in [3.05, 3.63) is 48.0 Å². The van der Waals surface area contributed by atoms with Crippen LogP contribution in [0.5, 0.6) is 0 Å². The van der Waals surface area contributed by atoms with Crippen LogP contribution in [0.25, 0.3) is 10.8 Å². The lowest BCUT2D eigenvalue weighted by Crippen LogP contribution is -2.20. The number of hydrogen-bond acceptors (Lipinski definition) is 1. The van der Waals surface area contributed by atoms with Crippen LogP contribution in [0.4, 0.5) is 0 Å². The van der Waals surface area contributed by atoms with E-state index in [9.17, 15) is 0 Å². The van der Waals surface area contributed by atoms with Crippen molar-refractivity contribution in [2.75, 3.05) is 6.61 Å². The molecule has 2 rings (SSSR count).